The van der Waals surface area contributed by atoms with Gasteiger partial charge < -0.3 is 5.11 Å². The van der Waals surface area contributed by atoms with E-state index in [-0.39, 0.29) is 30.1 Å². The first-order chi connectivity index (χ1) is 9.78. The highest BCUT2D eigenvalue weighted by Gasteiger charge is 2.35. The van der Waals surface area contributed by atoms with Crippen LogP contribution < -0.4 is 0 Å². The summed E-state index contributed by atoms with van der Waals surface area (Å²) in [7, 11) is -3.04. The Hall–Kier alpha value is -0.920. The van der Waals surface area contributed by atoms with Crippen molar-refractivity contribution in [2.75, 3.05) is 18.1 Å². The van der Waals surface area contributed by atoms with Crippen molar-refractivity contribution in [3.63, 3.8) is 0 Å². The zero-order valence-electron chi connectivity index (χ0n) is 11.7. The van der Waals surface area contributed by atoms with Crippen molar-refractivity contribution < 1.29 is 18.3 Å². The molecule has 1 heterocycles. The lowest BCUT2D eigenvalue weighted by molar-refractivity contribution is -0.139. The molecule has 1 aliphatic heterocycles. The Labute approximate surface area is 133 Å². The number of carbonyl (C=O) groups is 1. The van der Waals surface area contributed by atoms with Gasteiger partial charge in [0.1, 0.15) is 0 Å². The minimum Gasteiger partial charge on any atom is -0.480 e. The molecule has 0 bridgehead atoms. The first-order valence-corrected chi connectivity index (χ1v) is 9.33. The second-order valence-corrected chi connectivity index (χ2v) is 8.50. The monoisotopic (exact) mass is 375 g/mol. The van der Waals surface area contributed by atoms with Crippen LogP contribution >= 0.6 is 15.9 Å². The van der Waals surface area contributed by atoms with E-state index in [1.807, 2.05) is 31.2 Å². The lowest BCUT2D eigenvalue weighted by Crippen LogP contribution is -2.41. The van der Waals surface area contributed by atoms with Gasteiger partial charge in [0.15, 0.2) is 9.84 Å². The maximum atomic E-state index is 11.7. The van der Waals surface area contributed by atoms with Crippen LogP contribution in [0.5, 0.6) is 0 Å². The first-order valence-electron chi connectivity index (χ1n) is 6.72. The summed E-state index contributed by atoms with van der Waals surface area (Å²) in [5, 5.41) is 9.12. The fraction of sp³-hybridized carbons (Fsp3) is 0.500. The quantitative estimate of drug-likeness (QED) is 0.852. The number of nitrogens with zero attached hydrogens (tertiary/aromatic N) is 1. The van der Waals surface area contributed by atoms with E-state index in [0.29, 0.717) is 6.42 Å². The van der Waals surface area contributed by atoms with Crippen LogP contribution in [0.1, 0.15) is 24.9 Å². The Morgan fingerprint density at radius 3 is 2.76 bits per heavy atom. The molecular weight excluding hydrogens is 358 g/mol. The predicted molar refractivity (Wildman–Crippen MR) is 84.0 cm³/mol. The molecule has 1 aromatic carbocycles. The number of hydrogen-bond acceptors (Lipinski definition) is 4. The molecule has 0 aliphatic carbocycles. The number of hydrogen-bond donors (Lipinski definition) is 1. The smallest absolute Gasteiger partial charge is 0.317 e. The first kappa shape index (κ1) is 16.5. The third-order valence-electron chi connectivity index (χ3n) is 3.82. The number of carboxylic acid groups (broad SMARTS) is 1. The van der Waals surface area contributed by atoms with Gasteiger partial charge in [-0.15, -0.1) is 0 Å². The van der Waals surface area contributed by atoms with Gasteiger partial charge in [0.05, 0.1) is 18.1 Å². The van der Waals surface area contributed by atoms with E-state index >= 15 is 0 Å². The molecule has 116 valence electrons. The molecule has 1 aliphatic rings. The molecule has 1 saturated heterocycles. The van der Waals surface area contributed by atoms with Crippen molar-refractivity contribution in [3.8, 4) is 0 Å². The fourth-order valence-corrected chi connectivity index (χ4v) is 4.89. The average molecular weight is 376 g/mol. The average Bonchev–Trinajstić information content (AvgIpc) is 2.75. The number of rotatable bonds is 5. The lowest BCUT2D eigenvalue weighted by atomic mass is 10.0. The molecule has 1 aromatic rings. The highest BCUT2D eigenvalue weighted by molar-refractivity contribution is 9.10. The zero-order valence-corrected chi connectivity index (χ0v) is 14.1. The highest BCUT2D eigenvalue weighted by atomic mass is 79.9. The summed E-state index contributed by atoms with van der Waals surface area (Å²) in [4.78, 5) is 12.9. The third kappa shape index (κ3) is 4.28. The van der Waals surface area contributed by atoms with E-state index in [4.69, 9.17) is 5.11 Å². The number of sulfone groups is 1. The van der Waals surface area contributed by atoms with Crippen LogP contribution in [0.3, 0.4) is 0 Å². The molecule has 5 nitrogen and oxygen atoms in total. The van der Waals surface area contributed by atoms with Gasteiger partial charge in [-0.3, -0.25) is 9.69 Å². The maximum absolute atomic E-state index is 11.7. The Morgan fingerprint density at radius 1 is 1.52 bits per heavy atom. The Kier molecular flexibility index (Phi) is 5.06. The van der Waals surface area contributed by atoms with Gasteiger partial charge in [-0.05, 0) is 31.0 Å². The molecule has 7 heteroatoms. The fourth-order valence-electron chi connectivity index (χ4n) is 2.73. The van der Waals surface area contributed by atoms with Crippen molar-refractivity contribution in [2.45, 2.75) is 25.4 Å². The number of aliphatic carboxylic acids is 1. The van der Waals surface area contributed by atoms with Crippen LogP contribution in [0.25, 0.3) is 0 Å². The van der Waals surface area contributed by atoms with E-state index in [0.717, 1.165) is 10.0 Å². The molecule has 1 fully saturated rings. The zero-order chi connectivity index (χ0) is 15.6. The molecule has 1 N–H and O–H groups in total. The molecule has 0 spiro atoms. The minimum absolute atomic E-state index is 0.0403. The number of carboxylic acids is 1. The predicted octanol–water partition coefficient (Wildman–Crippen LogP) is 2.08. The molecule has 0 amide bonds. The molecule has 0 saturated carbocycles. The van der Waals surface area contributed by atoms with Gasteiger partial charge in [0.25, 0.3) is 0 Å². The normalized spacial score (nSPS) is 22.3. The third-order valence-corrected chi connectivity index (χ3v) is 6.07. The molecule has 0 aromatic heterocycles. The minimum atomic E-state index is -3.04. The van der Waals surface area contributed by atoms with Crippen LogP contribution in [0.15, 0.2) is 28.7 Å². The van der Waals surface area contributed by atoms with Crippen molar-refractivity contribution in [2.24, 2.45) is 0 Å². The number of benzene rings is 1. The van der Waals surface area contributed by atoms with Crippen molar-refractivity contribution in [3.05, 3.63) is 34.3 Å². The van der Waals surface area contributed by atoms with Gasteiger partial charge in [-0.2, -0.15) is 0 Å². The van der Waals surface area contributed by atoms with Crippen LogP contribution in [0.4, 0.5) is 0 Å². The van der Waals surface area contributed by atoms with Crippen molar-refractivity contribution in [1.29, 1.82) is 0 Å². The molecule has 2 unspecified atom stereocenters. The summed E-state index contributed by atoms with van der Waals surface area (Å²) >= 11 is 3.40. The Morgan fingerprint density at radius 2 is 2.24 bits per heavy atom. The standard InChI is InChI=1S/C14H18BrNO4S/c1-10(11-3-2-4-12(15)7-11)16(8-14(17)18)13-5-6-21(19,20)9-13/h2-4,7,10,13H,5-6,8-9H2,1H3,(H,17,18). The van der Waals surface area contributed by atoms with Crippen LogP contribution in [0, 0.1) is 0 Å². The molecule has 21 heavy (non-hydrogen) atoms. The molecule has 0 radical (unpaired) electrons. The highest BCUT2D eigenvalue weighted by Crippen LogP contribution is 2.28. The summed E-state index contributed by atoms with van der Waals surface area (Å²) < 4.78 is 24.2. The molecule has 2 rings (SSSR count). The largest absolute Gasteiger partial charge is 0.480 e. The second-order valence-electron chi connectivity index (χ2n) is 5.35. The van der Waals surface area contributed by atoms with Crippen LogP contribution in [0.2, 0.25) is 0 Å². The Bertz CT molecular complexity index is 632. The summed E-state index contributed by atoms with van der Waals surface area (Å²) in [5.74, 6) is -0.765. The van der Waals surface area contributed by atoms with Crippen molar-refractivity contribution >= 4 is 31.7 Å². The lowest BCUT2D eigenvalue weighted by Gasteiger charge is -2.32. The summed E-state index contributed by atoms with van der Waals surface area (Å²) in [6.45, 7) is 1.75. The van der Waals surface area contributed by atoms with Crippen LogP contribution in [-0.4, -0.2) is 48.5 Å². The van der Waals surface area contributed by atoms with Crippen molar-refractivity contribution in [1.82, 2.24) is 4.90 Å². The molecular formula is C14H18BrNO4S. The summed E-state index contributed by atoms with van der Waals surface area (Å²) in [5.41, 5.74) is 0.968. The van der Waals surface area contributed by atoms with Gasteiger partial charge in [0, 0.05) is 16.6 Å². The molecule has 2 atom stereocenters. The summed E-state index contributed by atoms with van der Waals surface area (Å²) in [6.07, 6.45) is 0.494. The number of halogens is 1. The summed E-state index contributed by atoms with van der Waals surface area (Å²) in [6, 6.07) is 7.26. The Balaban J connectivity index is 2.25. The SMILES string of the molecule is CC(c1cccc(Br)c1)N(CC(=O)O)C1CCS(=O)(=O)C1. The van der Waals surface area contributed by atoms with Gasteiger partial charge >= 0.3 is 5.97 Å². The van der Waals surface area contributed by atoms with Gasteiger partial charge in [-0.25, -0.2) is 8.42 Å². The maximum Gasteiger partial charge on any atom is 0.317 e. The van der Waals surface area contributed by atoms with E-state index in [1.165, 1.54) is 0 Å². The van der Waals surface area contributed by atoms with Crippen LogP contribution in [-0.2, 0) is 14.6 Å². The van der Waals surface area contributed by atoms with E-state index < -0.39 is 15.8 Å². The van der Waals surface area contributed by atoms with E-state index in [1.54, 1.807) is 4.90 Å². The van der Waals surface area contributed by atoms with E-state index in [9.17, 15) is 13.2 Å². The van der Waals surface area contributed by atoms with Gasteiger partial charge in [0.2, 0.25) is 0 Å². The van der Waals surface area contributed by atoms with Gasteiger partial charge in [-0.1, -0.05) is 28.1 Å². The second kappa shape index (κ2) is 6.46. The van der Waals surface area contributed by atoms with E-state index in [2.05, 4.69) is 15.9 Å². The topological polar surface area (TPSA) is 74.7 Å².